The Hall–Kier alpha value is -1.79. The van der Waals surface area contributed by atoms with Crippen molar-refractivity contribution in [1.82, 2.24) is 4.90 Å². The minimum atomic E-state index is -0.960. The maximum Gasteiger partial charge on any atom is 0.305 e. The van der Waals surface area contributed by atoms with Gasteiger partial charge in [0.15, 0.2) is 0 Å². The third-order valence-electron chi connectivity index (χ3n) is 3.38. The van der Waals surface area contributed by atoms with E-state index < -0.39 is 12.0 Å². The maximum atomic E-state index is 12.6. The van der Waals surface area contributed by atoms with Crippen molar-refractivity contribution in [3.05, 3.63) is 28.8 Å². The molecule has 1 N–H and O–H groups in total. The molecule has 120 valence electrons. The number of carboxylic acids is 1. The zero-order valence-electron chi connectivity index (χ0n) is 12.3. The fourth-order valence-electron chi connectivity index (χ4n) is 2.37. The fraction of sp³-hybridized carbons (Fsp3) is 0.467. The van der Waals surface area contributed by atoms with Gasteiger partial charge < -0.3 is 19.5 Å². The number of carbonyl (C=O) groups excluding carboxylic acids is 1. The Kier molecular flexibility index (Phi) is 5.63. The van der Waals surface area contributed by atoms with Crippen LogP contribution in [0.25, 0.3) is 0 Å². The van der Waals surface area contributed by atoms with E-state index in [1.165, 1.54) is 4.90 Å². The summed E-state index contributed by atoms with van der Waals surface area (Å²) in [5.74, 6) is -0.692. The van der Waals surface area contributed by atoms with Gasteiger partial charge in [-0.25, -0.2) is 0 Å². The molecule has 1 aromatic rings. The summed E-state index contributed by atoms with van der Waals surface area (Å²) in [4.78, 5) is 25.0. The molecule has 0 bridgehead atoms. The van der Waals surface area contributed by atoms with Crippen LogP contribution in [0.1, 0.15) is 23.7 Å². The van der Waals surface area contributed by atoms with Crippen molar-refractivity contribution < 1.29 is 24.2 Å². The molecule has 0 aromatic heterocycles. The van der Waals surface area contributed by atoms with Gasteiger partial charge in [-0.15, -0.1) is 0 Å². The van der Waals surface area contributed by atoms with Crippen LogP contribution in [0.2, 0.25) is 5.02 Å². The Morgan fingerprint density at radius 2 is 2.27 bits per heavy atom. The van der Waals surface area contributed by atoms with Crippen LogP contribution < -0.4 is 4.74 Å². The molecule has 0 radical (unpaired) electrons. The first-order valence-electron chi connectivity index (χ1n) is 7.05. The van der Waals surface area contributed by atoms with Crippen molar-refractivity contribution in [2.45, 2.75) is 19.4 Å². The van der Waals surface area contributed by atoms with Gasteiger partial charge in [0.1, 0.15) is 5.75 Å². The molecule has 0 aliphatic carbocycles. The van der Waals surface area contributed by atoms with Gasteiger partial charge in [0.25, 0.3) is 5.91 Å². The molecule has 0 spiro atoms. The van der Waals surface area contributed by atoms with Crippen LogP contribution in [0.3, 0.4) is 0 Å². The van der Waals surface area contributed by atoms with Crippen LogP contribution in [0.4, 0.5) is 0 Å². The van der Waals surface area contributed by atoms with E-state index >= 15 is 0 Å². The van der Waals surface area contributed by atoms with Crippen LogP contribution >= 0.6 is 11.6 Å². The second-order valence-electron chi connectivity index (χ2n) is 4.90. The van der Waals surface area contributed by atoms with Gasteiger partial charge in [-0.3, -0.25) is 9.59 Å². The summed E-state index contributed by atoms with van der Waals surface area (Å²) in [6.07, 6.45) is -0.142. The van der Waals surface area contributed by atoms with E-state index in [4.69, 9.17) is 26.2 Å². The lowest BCUT2D eigenvalue weighted by atomic mass is 10.1. The summed E-state index contributed by atoms with van der Waals surface area (Å²) in [6, 6.07) is 4.35. The molecule has 1 aliphatic heterocycles. The molecular weight excluding hydrogens is 310 g/mol. The first kappa shape index (κ1) is 16.6. The molecule has 1 fully saturated rings. The molecule has 1 atom stereocenters. The van der Waals surface area contributed by atoms with E-state index in [0.29, 0.717) is 36.1 Å². The second kappa shape index (κ2) is 7.47. The first-order chi connectivity index (χ1) is 10.5. The quantitative estimate of drug-likeness (QED) is 0.895. The predicted molar refractivity (Wildman–Crippen MR) is 80.5 cm³/mol. The minimum Gasteiger partial charge on any atom is -0.492 e. The second-order valence-corrected chi connectivity index (χ2v) is 5.31. The van der Waals surface area contributed by atoms with E-state index in [-0.39, 0.29) is 18.9 Å². The monoisotopic (exact) mass is 327 g/mol. The third-order valence-corrected chi connectivity index (χ3v) is 3.67. The lowest BCUT2D eigenvalue weighted by Crippen LogP contribution is -2.49. The lowest BCUT2D eigenvalue weighted by molar-refractivity contribution is -0.139. The van der Waals surface area contributed by atoms with Crippen molar-refractivity contribution in [2.24, 2.45) is 0 Å². The number of carbonyl (C=O) groups is 2. The van der Waals surface area contributed by atoms with Crippen molar-refractivity contribution in [3.8, 4) is 5.75 Å². The Morgan fingerprint density at radius 3 is 2.91 bits per heavy atom. The molecule has 22 heavy (non-hydrogen) atoms. The minimum absolute atomic E-state index is 0.142. The zero-order valence-corrected chi connectivity index (χ0v) is 13.0. The molecule has 1 heterocycles. The van der Waals surface area contributed by atoms with Crippen LogP contribution in [-0.2, 0) is 9.53 Å². The Bertz CT molecular complexity index is 563. The molecule has 1 unspecified atom stereocenters. The van der Waals surface area contributed by atoms with Crippen molar-refractivity contribution in [2.75, 3.05) is 26.4 Å². The highest BCUT2D eigenvalue weighted by Crippen LogP contribution is 2.26. The van der Waals surface area contributed by atoms with Gasteiger partial charge in [0.05, 0.1) is 37.3 Å². The summed E-state index contributed by atoms with van der Waals surface area (Å²) in [5, 5.41) is 9.30. The van der Waals surface area contributed by atoms with E-state index in [0.717, 1.165) is 0 Å². The van der Waals surface area contributed by atoms with Crippen molar-refractivity contribution in [1.29, 1.82) is 0 Å². The van der Waals surface area contributed by atoms with Crippen LogP contribution in [-0.4, -0.2) is 54.3 Å². The molecule has 1 aliphatic rings. The van der Waals surface area contributed by atoms with Crippen LogP contribution in [0, 0.1) is 0 Å². The van der Waals surface area contributed by atoms with Crippen LogP contribution in [0.15, 0.2) is 18.2 Å². The number of hydrogen-bond donors (Lipinski definition) is 1. The number of amides is 1. The number of morpholine rings is 1. The van der Waals surface area contributed by atoms with Gasteiger partial charge in [0, 0.05) is 12.1 Å². The van der Waals surface area contributed by atoms with E-state index in [2.05, 4.69) is 0 Å². The molecular formula is C15H18ClNO5. The highest BCUT2D eigenvalue weighted by molar-refractivity contribution is 6.32. The first-order valence-corrected chi connectivity index (χ1v) is 7.43. The number of hydrogen-bond acceptors (Lipinski definition) is 4. The van der Waals surface area contributed by atoms with Gasteiger partial charge in [-0.2, -0.15) is 0 Å². The number of aliphatic carboxylic acids is 1. The lowest BCUT2D eigenvalue weighted by Gasteiger charge is -2.35. The number of nitrogens with zero attached hydrogens (tertiary/aromatic N) is 1. The van der Waals surface area contributed by atoms with Gasteiger partial charge in [0.2, 0.25) is 0 Å². The topological polar surface area (TPSA) is 76.1 Å². The van der Waals surface area contributed by atoms with Gasteiger partial charge >= 0.3 is 5.97 Å². The Balaban J connectivity index is 2.18. The van der Waals surface area contributed by atoms with Gasteiger partial charge in [-0.05, 0) is 25.1 Å². The predicted octanol–water partition coefficient (Wildman–Crippen LogP) is 2.05. The number of ether oxygens (including phenoxy) is 2. The SMILES string of the molecule is CCOc1ccc(C(=O)N2CCOCC2CC(=O)O)cc1Cl. The third kappa shape index (κ3) is 3.90. The van der Waals surface area contributed by atoms with E-state index in [9.17, 15) is 9.59 Å². The Morgan fingerprint density at radius 1 is 1.50 bits per heavy atom. The Labute approximate surface area is 133 Å². The average molecular weight is 328 g/mol. The number of halogens is 1. The molecule has 2 rings (SSSR count). The largest absolute Gasteiger partial charge is 0.492 e. The fourth-order valence-corrected chi connectivity index (χ4v) is 2.60. The number of benzene rings is 1. The van der Waals surface area contributed by atoms with E-state index in [1.54, 1.807) is 18.2 Å². The maximum absolute atomic E-state index is 12.6. The highest BCUT2D eigenvalue weighted by Gasteiger charge is 2.30. The summed E-state index contributed by atoms with van der Waals surface area (Å²) in [5.41, 5.74) is 0.408. The van der Waals surface area contributed by atoms with Crippen molar-refractivity contribution in [3.63, 3.8) is 0 Å². The summed E-state index contributed by atoms with van der Waals surface area (Å²) in [7, 11) is 0. The molecule has 0 saturated carbocycles. The van der Waals surface area contributed by atoms with E-state index in [1.807, 2.05) is 6.92 Å². The highest BCUT2D eigenvalue weighted by atomic mass is 35.5. The van der Waals surface area contributed by atoms with Crippen molar-refractivity contribution >= 4 is 23.5 Å². The standard InChI is InChI=1S/C15H18ClNO5/c1-2-22-13-4-3-10(7-12(13)16)15(20)17-5-6-21-9-11(17)8-14(18)19/h3-4,7,11H,2,5-6,8-9H2,1H3,(H,18,19). The molecule has 7 heteroatoms. The number of carboxylic acid groups (broad SMARTS) is 1. The normalized spacial score (nSPS) is 18.1. The average Bonchev–Trinajstić information content (AvgIpc) is 2.49. The van der Waals surface area contributed by atoms with Crippen LogP contribution in [0.5, 0.6) is 5.75 Å². The van der Waals surface area contributed by atoms with Gasteiger partial charge in [-0.1, -0.05) is 11.6 Å². The molecule has 1 aromatic carbocycles. The summed E-state index contributed by atoms with van der Waals surface area (Å²) < 4.78 is 10.6. The molecule has 1 saturated heterocycles. The number of rotatable bonds is 5. The zero-order chi connectivity index (χ0) is 16.1. The summed E-state index contributed by atoms with van der Waals surface area (Å²) >= 11 is 6.10. The smallest absolute Gasteiger partial charge is 0.305 e. The molecule has 1 amide bonds. The summed E-state index contributed by atoms with van der Waals surface area (Å²) in [6.45, 7) is 3.31. The molecule has 6 nitrogen and oxygen atoms in total.